The van der Waals surface area contributed by atoms with E-state index in [9.17, 15) is 9.59 Å². The maximum atomic E-state index is 12.2. The van der Waals surface area contributed by atoms with Gasteiger partial charge in [-0.15, -0.1) is 0 Å². The first-order valence-electron chi connectivity index (χ1n) is 7.27. The van der Waals surface area contributed by atoms with Crippen LogP contribution >= 0.6 is 0 Å². The van der Waals surface area contributed by atoms with Crippen LogP contribution in [0, 0.1) is 17.8 Å². The molecule has 3 rings (SSSR count). The van der Waals surface area contributed by atoms with Crippen LogP contribution < -0.4 is 10.1 Å². The highest BCUT2D eigenvalue weighted by molar-refractivity contribution is 5.89. The number of carbonyl (C=O) groups is 2. The minimum absolute atomic E-state index is 0.0153. The average molecular weight is 289 g/mol. The Labute approximate surface area is 123 Å². The smallest absolute Gasteiger partial charge is 0.307 e. The first kappa shape index (κ1) is 13.9. The second-order valence-corrected chi connectivity index (χ2v) is 5.88. The van der Waals surface area contributed by atoms with Gasteiger partial charge in [0.25, 0.3) is 0 Å². The molecule has 1 aromatic carbocycles. The number of benzene rings is 1. The number of nitrogens with one attached hydrogen (secondary N) is 1. The van der Waals surface area contributed by atoms with E-state index >= 15 is 0 Å². The molecule has 0 aromatic heterocycles. The molecule has 2 aliphatic carbocycles. The quantitative estimate of drug-likeness (QED) is 0.839. The molecule has 0 saturated heterocycles. The van der Waals surface area contributed by atoms with Gasteiger partial charge in [0.2, 0.25) is 5.91 Å². The summed E-state index contributed by atoms with van der Waals surface area (Å²) in [5.41, 5.74) is 1.05. The summed E-state index contributed by atoms with van der Waals surface area (Å²) < 4.78 is 5.14. The summed E-state index contributed by atoms with van der Waals surface area (Å²) in [4.78, 5) is 23.0. The van der Waals surface area contributed by atoms with Crippen LogP contribution in [0.2, 0.25) is 0 Å². The maximum Gasteiger partial charge on any atom is 0.307 e. The van der Waals surface area contributed by atoms with Crippen LogP contribution in [0.3, 0.4) is 0 Å². The van der Waals surface area contributed by atoms with E-state index in [1.807, 2.05) is 24.3 Å². The third-order valence-corrected chi connectivity index (χ3v) is 4.31. The molecule has 2 aliphatic rings. The maximum absolute atomic E-state index is 12.2. The molecule has 21 heavy (non-hydrogen) atoms. The van der Waals surface area contributed by atoms with Gasteiger partial charge in [0, 0.05) is 0 Å². The van der Waals surface area contributed by atoms with Crippen molar-refractivity contribution in [3.05, 3.63) is 29.8 Å². The highest BCUT2D eigenvalue weighted by atomic mass is 16.5. The zero-order chi connectivity index (χ0) is 15.0. The molecule has 0 bridgehead atoms. The lowest BCUT2D eigenvalue weighted by atomic mass is 10.0. The van der Waals surface area contributed by atoms with E-state index in [1.54, 1.807) is 7.11 Å². The number of carboxylic acids is 1. The zero-order valence-corrected chi connectivity index (χ0v) is 11.9. The van der Waals surface area contributed by atoms with Crippen molar-refractivity contribution in [2.24, 2.45) is 17.8 Å². The standard InChI is InChI=1S/C16H19NO4/c1-21-11-6-4-10(5-7-11)14(9-2-3-9)17-15(18)12-8-13(12)16(19)20/h4-7,9,12-14H,2-3,8H2,1H3,(H,17,18)(H,19,20)/t12-,13+,14-/m1/s1. The van der Waals surface area contributed by atoms with Gasteiger partial charge in [0.1, 0.15) is 5.75 Å². The highest BCUT2D eigenvalue weighted by Gasteiger charge is 2.49. The lowest BCUT2D eigenvalue weighted by Crippen LogP contribution is -2.32. The molecule has 3 atom stereocenters. The van der Waals surface area contributed by atoms with Crippen LogP contribution in [0.5, 0.6) is 5.75 Å². The van der Waals surface area contributed by atoms with E-state index in [2.05, 4.69) is 5.32 Å². The van der Waals surface area contributed by atoms with Crippen molar-refractivity contribution in [2.75, 3.05) is 7.11 Å². The average Bonchev–Trinajstić information content (AvgIpc) is 3.37. The predicted octanol–water partition coefficient (Wildman–Crippen LogP) is 1.98. The van der Waals surface area contributed by atoms with Crippen LogP contribution in [0.4, 0.5) is 0 Å². The number of aliphatic carboxylic acids is 1. The van der Waals surface area contributed by atoms with E-state index in [0.29, 0.717) is 12.3 Å². The largest absolute Gasteiger partial charge is 0.497 e. The molecule has 2 N–H and O–H groups in total. The highest BCUT2D eigenvalue weighted by Crippen LogP contribution is 2.43. The van der Waals surface area contributed by atoms with Crippen LogP contribution in [-0.4, -0.2) is 24.1 Å². The molecule has 0 aliphatic heterocycles. The van der Waals surface area contributed by atoms with E-state index in [1.165, 1.54) is 0 Å². The molecule has 0 radical (unpaired) electrons. The second-order valence-electron chi connectivity index (χ2n) is 5.88. The third-order valence-electron chi connectivity index (χ3n) is 4.31. The van der Waals surface area contributed by atoms with Crippen molar-refractivity contribution in [3.8, 4) is 5.75 Å². The Kier molecular flexibility index (Phi) is 3.57. The van der Waals surface area contributed by atoms with Gasteiger partial charge < -0.3 is 15.2 Å². The van der Waals surface area contributed by atoms with E-state index < -0.39 is 11.9 Å². The molecule has 5 nitrogen and oxygen atoms in total. The summed E-state index contributed by atoms with van der Waals surface area (Å²) in [6, 6.07) is 7.67. The molecule has 2 saturated carbocycles. The Morgan fingerprint density at radius 3 is 2.38 bits per heavy atom. The zero-order valence-electron chi connectivity index (χ0n) is 11.9. The summed E-state index contributed by atoms with van der Waals surface area (Å²) >= 11 is 0. The second kappa shape index (κ2) is 5.39. The molecular weight excluding hydrogens is 270 g/mol. The predicted molar refractivity (Wildman–Crippen MR) is 75.8 cm³/mol. The minimum Gasteiger partial charge on any atom is -0.497 e. The lowest BCUT2D eigenvalue weighted by molar-refractivity contribution is -0.140. The molecule has 0 unspecified atom stereocenters. The van der Waals surface area contributed by atoms with Gasteiger partial charge in [-0.1, -0.05) is 12.1 Å². The molecule has 1 aromatic rings. The van der Waals surface area contributed by atoms with Crippen molar-refractivity contribution in [1.29, 1.82) is 0 Å². The molecule has 5 heteroatoms. The van der Waals surface area contributed by atoms with Crippen LogP contribution in [-0.2, 0) is 9.59 Å². The SMILES string of the molecule is COc1ccc([C@H](NC(=O)[C@@H]2C[C@@H]2C(=O)O)C2CC2)cc1. The summed E-state index contributed by atoms with van der Waals surface area (Å²) in [5.74, 6) is -0.613. The van der Waals surface area contributed by atoms with Gasteiger partial charge in [-0.25, -0.2) is 0 Å². The van der Waals surface area contributed by atoms with Gasteiger partial charge in [0.15, 0.2) is 0 Å². The van der Waals surface area contributed by atoms with Crippen LogP contribution in [0.25, 0.3) is 0 Å². The molecule has 0 spiro atoms. The fraction of sp³-hybridized carbons (Fsp3) is 0.500. The normalized spacial score (nSPS) is 25.0. The summed E-state index contributed by atoms with van der Waals surface area (Å²) in [7, 11) is 1.62. The van der Waals surface area contributed by atoms with Gasteiger partial charge in [-0.3, -0.25) is 9.59 Å². The van der Waals surface area contributed by atoms with Gasteiger partial charge in [-0.2, -0.15) is 0 Å². The number of hydrogen-bond donors (Lipinski definition) is 2. The summed E-state index contributed by atoms with van der Waals surface area (Å²) in [6.45, 7) is 0. The van der Waals surface area contributed by atoms with E-state index in [4.69, 9.17) is 9.84 Å². The Bertz CT molecular complexity index is 550. The van der Waals surface area contributed by atoms with Gasteiger partial charge in [0.05, 0.1) is 25.0 Å². The Morgan fingerprint density at radius 1 is 1.24 bits per heavy atom. The van der Waals surface area contributed by atoms with Crippen molar-refractivity contribution in [2.45, 2.75) is 25.3 Å². The van der Waals surface area contributed by atoms with Crippen molar-refractivity contribution in [3.63, 3.8) is 0 Å². The Balaban J connectivity index is 1.67. The van der Waals surface area contributed by atoms with Crippen molar-refractivity contribution in [1.82, 2.24) is 5.32 Å². The number of rotatable bonds is 6. The molecule has 2 fully saturated rings. The first-order chi connectivity index (χ1) is 10.1. The number of carboxylic acid groups (broad SMARTS) is 1. The fourth-order valence-electron chi connectivity index (χ4n) is 2.73. The molecule has 112 valence electrons. The topological polar surface area (TPSA) is 75.6 Å². The number of ether oxygens (including phenoxy) is 1. The van der Waals surface area contributed by atoms with Gasteiger partial charge >= 0.3 is 5.97 Å². The molecule has 0 heterocycles. The Hall–Kier alpha value is -2.04. The third kappa shape index (κ3) is 3.01. The summed E-state index contributed by atoms with van der Waals surface area (Å²) in [6.07, 6.45) is 2.66. The number of methoxy groups -OCH3 is 1. The van der Waals surface area contributed by atoms with Crippen molar-refractivity contribution >= 4 is 11.9 Å². The monoisotopic (exact) mass is 289 g/mol. The van der Waals surface area contributed by atoms with Crippen molar-refractivity contribution < 1.29 is 19.4 Å². The van der Waals surface area contributed by atoms with Gasteiger partial charge in [-0.05, 0) is 42.9 Å². The van der Waals surface area contributed by atoms with E-state index in [-0.39, 0.29) is 17.9 Å². The van der Waals surface area contributed by atoms with E-state index in [0.717, 1.165) is 24.2 Å². The van der Waals surface area contributed by atoms with Crippen LogP contribution in [0.15, 0.2) is 24.3 Å². The minimum atomic E-state index is -0.873. The number of carbonyl (C=O) groups excluding carboxylic acids is 1. The first-order valence-corrected chi connectivity index (χ1v) is 7.27. The lowest BCUT2D eigenvalue weighted by Gasteiger charge is -2.19. The summed E-state index contributed by atoms with van der Waals surface area (Å²) in [5, 5.41) is 11.9. The molecule has 1 amide bonds. The fourth-order valence-corrected chi connectivity index (χ4v) is 2.73. The Morgan fingerprint density at radius 2 is 1.90 bits per heavy atom. The number of hydrogen-bond acceptors (Lipinski definition) is 3. The van der Waals surface area contributed by atoms with Crippen LogP contribution in [0.1, 0.15) is 30.9 Å². The molecular formula is C16H19NO4. The number of amides is 1.